The Bertz CT molecular complexity index is 344. The minimum atomic E-state index is -0.310. The first-order valence-electron chi connectivity index (χ1n) is 3.89. The molecule has 0 aromatic heterocycles. The van der Waals surface area contributed by atoms with Gasteiger partial charge in [-0.05, 0) is 17.7 Å². The van der Waals surface area contributed by atoms with Crippen molar-refractivity contribution in [3.63, 3.8) is 0 Å². The molecule has 0 fully saturated rings. The molecule has 76 valence electrons. The predicted molar refractivity (Wildman–Crippen MR) is 61.8 cm³/mol. The first-order chi connectivity index (χ1) is 6.59. The minimum absolute atomic E-state index is 0.310. The number of primary amides is 1. The van der Waals surface area contributed by atoms with Crippen molar-refractivity contribution in [3.05, 3.63) is 33.8 Å². The molecule has 0 unspecified atom stereocenters. The summed E-state index contributed by atoms with van der Waals surface area (Å²) in [6.45, 7) is 0. The highest BCUT2D eigenvalue weighted by atomic mass is 35.5. The van der Waals surface area contributed by atoms with Crippen molar-refractivity contribution in [2.75, 3.05) is 5.75 Å². The number of carbonyl (C=O) groups is 1. The molecule has 0 bridgehead atoms. The van der Waals surface area contributed by atoms with Crippen LogP contribution in [-0.2, 0) is 10.5 Å². The number of hydrogen-bond acceptors (Lipinski definition) is 2. The van der Waals surface area contributed by atoms with Crippen molar-refractivity contribution in [3.8, 4) is 0 Å². The maximum absolute atomic E-state index is 10.5. The fraction of sp³-hybridized carbons (Fsp3) is 0.222. The van der Waals surface area contributed by atoms with Gasteiger partial charge in [0, 0.05) is 5.75 Å². The number of carbonyl (C=O) groups excluding carboxylic acids is 1. The van der Waals surface area contributed by atoms with Gasteiger partial charge in [-0.2, -0.15) is 0 Å². The molecule has 0 radical (unpaired) electrons. The Morgan fingerprint density at radius 2 is 2.07 bits per heavy atom. The average Bonchev–Trinajstić information content (AvgIpc) is 2.10. The van der Waals surface area contributed by atoms with Crippen LogP contribution in [0.25, 0.3) is 0 Å². The van der Waals surface area contributed by atoms with Crippen molar-refractivity contribution >= 4 is 40.9 Å². The van der Waals surface area contributed by atoms with E-state index in [2.05, 4.69) is 0 Å². The van der Waals surface area contributed by atoms with E-state index in [4.69, 9.17) is 28.9 Å². The number of amides is 1. The van der Waals surface area contributed by atoms with Crippen LogP contribution in [0.5, 0.6) is 0 Å². The zero-order valence-electron chi connectivity index (χ0n) is 7.30. The van der Waals surface area contributed by atoms with E-state index in [1.165, 1.54) is 11.8 Å². The summed E-state index contributed by atoms with van der Waals surface area (Å²) < 4.78 is 0. The molecular formula is C9H9Cl2NOS. The molecule has 0 aliphatic carbocycles. The van der Waals surface area contributed by atoms with Gasteiger partial charge >= 0.3 is 0 Å². The second-order valence-electron chi connectivity index (χ2n) is 2.71. The molecular weight excluding hydrogens is 241 g/mol. The summed E-state index contributed by atoms with van der Waals surface area (Å²) in [5.74, 6) is 0.718. The highest BCUT2D eigenvalue weighted by molar-refractivity contribution is 7.99. The molecule has 1 amide bonds. The number of benzene rings is 1. The third-order valence-electron chi connectivity index (χ3n) is 1.50. The van der Waals surface area contributed by atoms with E-state index in [0.29, 0.717) is 21.6 Å². The van der Waals surface area contributed by atoms with Crippen molar-refractivity contribution < 1.29 is 4.79 Å². The van der Waals surface area contributed by atoms with Crippen molar-refractivity contribution in [2.24, 2.45) is 5.73 Å². The van der Waals surface area contributed by atoms with E-state index in [1.807, 2.05) is 6.07 Å². The van der Waals surface area contributed by atoms with Crippen LogP contribution in [0.1, 0.15) is 5.56 Å². The monoisotopic (exact) mass is 249 g/mol. The SMILES string of the molecule is NC(=O)CSCc1ccc(Cl)c(Cl)c1. The molecule has 2 N–H and O–H groups in total. The van der Waals surface area contributed by atoms with Crippen LogP contribution in [0.2, 0.25) is 10.0 Å². The Kier molecular flexibility index (Phi) is 4.58. The molecule has 0 saturated heterocycles. The summed E-state index contributed by atoms with van der Waals surface area (Å²) in [5.41, 5.74) is 6.04. The van der Waals surface area contributed by atoms with Gasteiger partial charge < -0.3 is 5.73 Å². The lowest BCUT2D eigenvalue weighted by atomic mass is 10.2. The van der Waals surface area contributed by atoms with Gasteiger partial charge in [-0.25, -0.2) is 0 Å². The number of rotatable bonds is 4. The van der Waals surface area contributed by atoms with Crippen LogP contribution < -0.4 is 5.73 Å². The predicted octanol–water partition coefficient (Wildman–Crippen LogP) is 2.71. The van der Waals surface area contributed by atoms with E-state index in [-0.39, 0.29) is 5.91 Å². The standard InChI is InChI=1S/C9H9Cl2NOS/c10-7-2-1-6(3-8(7)11)4-14-5-9(12)13/h1-3H,4-5H2,(H2,12,13). The van der Waals surface area contributed by atoms with Crippen LogP contribution in [0, 0.1) is 0 Å². The van der Waals surface area contributed by atoms with Crippen LogP contribution in [0.15, 0.2) is 18.2 Å². The molecule has 5 heteroatoms. The topological polar surface area (TPSA) is 43.1 Å². The van der Waals surface area contributed by atoms with E-state index in [0.717, 1.165) is 5.56 Å². The highest BCUT2D eigenvalue weighted by Crippen LogP contribution is 2.24. The first kappa shape index (κ1) is 11.7. The Morgan fingerprint density at radius 1 is 1.36 bits per heavy atom. The molecule has 2 nitrogen and oxygen atoms in total. The van der Waals surface area contributed by atoms with Gasteiger partial charge in [-0.15, -0.1) is 11.8 Å². The zero-order valence-corrected chi connectivity index (χ0v) is 9.62. The van der Waals surface area contributed by atoms with E-state index < -0.39 is 0 Å². The first-order valence-corrected chi connectivity index (χ1v) is 5.80. The molecule has 1 aromatic rings. The fourth-order valence-electron chi connectivity index (χ4n) is 0.899. The van der Waals surface area contributed by atoms with Crippen molar-refractivity contribution in [1.29, 1.82) is 0 Å². The lowest BCUT2D eigenvalue weighted by Gasteiger charge is -2.01. The summed E-state index contributed by atoms with van der Waals surface area (Å²) in [5, 5.41) is 1.07. The van der Waals surface area contributed by atoms with Gasteiger partial charge in [0.05, 0.1) is 15.8 Å². The third kappa shape index (κ3) is 3.78. The molecule has 0 aliphatic heterocycles. The molecule has 0 heterocycles. The molecule has 0 spiro atoms. The van der Waals surface area contributed by atoms with Crippen LogP contribution >= 0.6 is 35.0 Å². The van der Waals surface area contributed by atoms with Crippen molar-refractivity contribution in [1.82, 2.24) is 0 Å². The highest BCUT2D eigenvalue weighted by Gasteiger charge is 2.00. The van der Waals surface area contributed by atoms with Gasteiger partial charge in [0.1, 0.15) is 0 Å². The summed E-state index contributed by atoms with van der Waals surface area (Å²) in [4.78, 5) is 10.5. The molecule has 1 aromatic carbocycles. The maximum atomic E-state index is 10.5. The summed E-state index contributed by atoms with van der Waals surface area (Å²) in [7, 11) is 0. The number of thioether (sulfide) groups is 1. The molecule has 1 rings (SSSR count). The fourth-order valence-corrected chi connectivity index (χ4v) is 1.94. The average molecular weight is 250 g/mol. The smallest absolute Gasteiger partial charge is 0.227 e. The van der Waals surface area contributed by atoms with Gasteiger partial charge in [-0.1, -0.05) is 29.3 Å². The lowest BCUT2D eigenvalue weighted by Crippen LogP contribution is -2.13. The number of nitrogens with two attached hydrogens (primary N) is 1. The molecule has 0 atom stereocenters. The second kappa shape index (κ2) is 5.49. The van der Waals surface area contributed by atoms with E-state index in [9.17, 15) is 4.79 Å². The van der Waals surface area contributed by atoms with Crippen LogP contribution in [-0.4, -0.2) is 11.7 Å². The van der Waals surface area contributed by atoms with Crippen molar-refractivity contribution in [2.45, 2.75) is 5.75 Å². The maximum Gasteiger partial charge on any atom is 0.227 e. The molecule has 0 aliphatic rings. The van der Waals surface area contributed by atoms with Crippen LogP contribution in [0.3, 0.4) is 0 Å². The Hall–Kier alpha value is -0.380. The Labute approximate surface area is 96.8 Å². The van der Waals surface area contributed by atoms with Gasteiger partial charge in [0.15, 0.2) is 0 Å². The van der Waals surface area contributed by atoms with E-state index in [1.54, 1.807) is 12.1 Å². The normalized spacial score (nSPS) is 10.1. The Balaban J connectivity index is 2.51. The number of hydrogen-bond donors (Lipinski definition) is 1. The van der Waals surface area contributed by atoms with E-state index >= 15 is 0 Å². The summed E-state index contributed by atoms with van der Waals surface area (Å²) in [6, 6.07) is 5.41. The summed E-state index contributed by atoms with van der Waals surface area (Å²) in [6.07, 6.45) is 0. The summed E-state index contributed by atoms with van der Waals surface area (Å²) >= 11 is 13.0. The second-order valence-corrected chi connectivity index (χ2v) is 4.51. The lowest BCUT2D eigenvalue weighted by molar-refractivity contribution is -0.115. The van der Waals surface area contributed by atoms with Gasteiger partial charge in [0.2, 0.25) is 5.91 Å². The minimum Gasteiger partial charge on any atom is -0.369 e. The quantitative estimate of drug-likeness (QED) is 0.892. The Morgan fingerprint density at radius 3 is 2.64 bits per heavy atom. The van der Waals surface area contributed by atoms with Crippen LogP contribution in [0.4, 0.5) is 0 Å². The largest absolute Gasteiger partial charge is 0.369 e. The zero-order chi connectivity index (χ0) is 10.6. The van der Waals surface area contributed by atoms with Gasteiger partial charge in [0.25, 0.3) is 0 Å². The molecule has 0 saturated carbocycles. The number of halogens is 2. The molecule has 14 heavy (non-hydrogen) atoms. The van der Waals surface area contributed by atoms with Gasteiger partial charge in [-0.3, -0.25) is 4.79 Å². The third-order valence-corrected chi connectivity index (χ3v) is 3.26.